The van der Waals surface area contributed by atoms with Gasteiger partial charge in [-0.15, -0.1) is 0 Å². The average molecular weight is 376 g/mol. The smallest absolute Gasteiger partial charge is 0.141 e. The van der Waals surface area contributed by atoms with Crippen molar-refractivity contribution in [3.05, 3.63) is 63.5 Å². The third-order valence-electron chi connectivity index (χ3n) is 3.77. The van der Waals surface area contributed by atoms with Crippen molar-refractivity contribution in [1.29, 1.82) is 0 Å². The Kier molecular flexibility index (Phi) is 4.70. The number of carboxylic acids is 1. The normalized spacial score (nSPS) is 10.7. The summed E-state index contributed by atoms with van der Waals surface area (Å²) in [6.45, 7) is 3.63. The lowest BCUT2D eigenvalue weighted by atomic mass is 10.0. The quantitative estimate of drug-likeness (QED) is 0.732. The molecule has 0 aliphatic carbocycles. The van der Waals surface area contributed by atoms with Crippen molar-refractivity contribution < 1.29 is 14.4 Å². The number of halogens is 2. The summed E-state index contributed by atoms with van der Waals surface area (Å²) in [6, 6.07) is 9.82. The van der Waals surface area contributed by atoms with E-state index in [0.29, 0.717) is 27.2 Å². The number of para-hydroxylation sites is 1. The number of nitrogens with one attached hydrogen (secondary N) is 1. The first-order chi connectivity index (χ1) is 11.9. The van der Waals surface area contributed by atoms with Crippen LogP contribution in [0.5, 0.6) is 0 Å². The fourth-order valence-corrected chi connectivity index (χ4v) is 3.22. The Morgan fingerprint density at radius 2 is 1.80 bits per heavy atom. The Morgan fingerprint density at radius 1 is 1.16 bits per heavy atom. The lowest BCUT2D eigenvalue weighted by Gasteiger charge is -2.16. The molecule has 1 aromatic heterocycles. The summed E-state index contributed by atoms with van der Waals surface area (Å²) in [5.74, 6) is -0.629. The predicted octanol–water partition coefficient (Wildman–Crippen LogP) is 4.37. The highest BCUT2D eigenvalue weighted by atomic mass is 35.5. The van der Waals surface area contributed by atoms with Crippen molar-refractivity contribution in [2.24, 2.45) is 0 Å². The molecular weight excluding hydrogens is 363 g/mol. The SMILES string of the molecule is Cc1noc(C)c1-c1cc(Cl)c(Nc2ccccc2C(=O)[O-])c(Cl)c1. The van der Waals surface area contributed by atoms with Gasteiger partial charge in [-0.05, 0) is 37.6 Å². The molecule has 0 aliphatic heterocycles. The van der Waals surface area contributed by atoms with Crippen LogP contribution >= 0.6 is 23.2 Å². The fourth-order valence-electron chi connectivity index (χ4n) is 2.64. The number of carboxylic acid groups (broad SMARTS) is 1. The lowest BCUT2D eigenvalue weighted by molar-refractivity contribution is -0.254. The second kappa shape index (κ2) is 6.78. The first kappa shape index (κ1) is 17.3. The molecule has 0 aliphatic rings. The van der Waals surface area contributed by atoms with Gasteiger partial charge in [-0.25, -0.2) is 0 Å². The molecule has 3 aromatic rings. The number of aromatic nitrogens is 1. The van der Waals surface area contributed by atoms with E-state index in [1.54, 1.807) is 37.3 Å². The molecule has 0 saturated carbocycles. The molecule has 0 radical (unpaired) electrons. The summed E-state index contributed by atoms with van der Waals surface area (Å²) in [4.78, 5) is 11.2. The van der Waals surface area contributed by atoms with E-state index in [-0.39, 0.29) is 5.56 Å². The zero-order valence-electron chi connectivity index (χ0n) is 13.4. The van der Waals surface area contributed by atoms with Crippen molar-refractivity contribution in [2.75, 3.05) is 5.32 Å². The van der Waals surface area contributed by atoms with Gasteiger partial charge in [0.2, 0.25) is 0 Å². The highest BCUT2D eigenvalue weighted by Gasteiger charge is 2.16. The maximum atomic E-state index is 11.2. The molecule has 5 nitrogen and oxygen atoms in total. The molecule has 7 heteroatoms. The third kappa shape index (κ3) is 3.34. The molecule has 0 amide bonds. The molecule has 25 heavy (non-hydrogen) atoms. The van der Waals surface area contributed by atoms with Gasteiger partial charge in [0, 0.05) is 16.8 Å². The first-order valence-corrected chi connectivity index (χ1v) is 8.13. The molecule has 0 fully saturated rings. The van der Waals surface area contributed by atoms with Gasteiger partial charge in [0.1, 0.15) is 5.76 Å². The van der Waals surface area contributed by atoms with Crippen molar-refractivity contribution in [3.8, 4) is 11.1 Å². The first-order valence-electron chi connectivity index (χ1n) is 7.38. The zero-order valence-corrected chi connectivity index (χ0v) is 14.9. The van der Waals surface area contributed by atoms with Crippen LogP contribution in [0.15, 0.2) is 40.9 Å². The predicted molar refractivity (Wildman–Crippen MR) is 95.5 cm³/mol. The topological polar surface area (TPSA) is 78.2 Å². The van der Waals surface area contributed by atoms with Gasteiger partial charge in [-0.3, -0.25) is 0 Å². The molecule has 0 atom stereocenters. The number of rotatable bonds is 4. The minimum atomic E-state index is -1.29. The van der Waals surface area contributed by atoms with Crippen molar-refractivity contribution in [1.82, 2.24) is 5.16 Å². The van der Waals surface area contributed by atoms with Crippen LogP contribution in [0.3, 0.4) is 0 Å². The summed E-state index contributed by atoms with van der Waals surface area (Å²) in [6.07, 6.45) is 0. The Hall–Kier alpha value is -2.50. The Bertz CT molecular complexity index is 924. The van der Waals surface area contributed by atoms with Gasteiger partial charge < -0.3 is 19.7 Å². The van der Waals surface area contributed by atoms with Crippen molar-refractivity contribution in [2.45, 2.75) is 13.8 Å². The number of carbonyl (C=O) groups is 1. The van der Waals surface area contributed by atoms with Crippen LogP contribution in [-0.2, 0) is 0 Å². The summed E-state index contributed by atoms with van der Waals surface area (Å²) < 4.78 is 5.17. The standard InChI is InChI=1S/C18H14Cl2N2O3/c1-9-16(10(2)25-22-9)11-7-13(19)17(14(20)8-11)21-15-6-4-3-5-12(15)18(23)24/h3-8,21H,1-2H3,(H,23,24)/p-1. The number of nitrogens with zero attached hydrogens (tertiary/aromatic N) is 1. The molecule has 3 rings (SSSR count). The molecular formula is C18H13Cl2N2O3-. The number of aryl methyl sites for hydroxylation is 2. The Balaban J connectivity index is 2.04. The summed E-state index contributed by atoms with van der Waals surface area (Å²) in [5, 5.41) is 18.8. The van der Waals surface area contributed by atoms with E-state index in [1.165, 1.54) is 6.07 Å². The van der Waals surface area contributed by atoms with Crippen LogP contribution in [-0.4, -0.2) is 11.1 Å². The second-order valence-electron chi connectivity index (χ2n) is 5.47. The van der Waals surface area contributed by atoms with E-state index >= 15 is 0 Å². The molecule has 0 saturated heterocycles. The monoisotopic (exact) mass is 375 g/mol. The summed E-state index contributed by atoms with van der Waals surface area (Å²) >= 11 is 12.8. The second-order valence-corrected chi connectivity index (χ2v) is 6.29. The minimum absolute atomic E-state index is 0.0180. The van der Waals surface area contributed by atoms with Crippen LogP contribution < -0.4 is 10.4 Å². The van der Waals surface area contributed by atoms with Crippen LogP contribution in [0.25, 0.3) is 11.1 Å². The largest absolute Gasteiger partial charge is 0.545 e. The van der Waals surface area contributed by atoms with Crippen LogP contribution in [0.4, 0.5) is 11.4 Å². The number of anilines is 2. The van der Waals surface area contributed by atoms with Crippen molar-refractivity contribution in [3.63, 3.8) is 0 Å². The molecule has 0 bridgehead atoms. The van der Waals surface area contributed by atoms with E-state index in [0.717, 1.165) is 16.8 Å². The number of carbonyl (C=O) groups excluding carboxylic acids is 1. The lowest BCUT2D eigenvalue weighted by Crippen LogP contribution is -2.23. The zero-order chi connectivity index (χ0) is 18.1. The van der Waals surface area contributed by atoms with E-state index in [4.69, 9.17) is 27.7 Å². The van der Waals surface area contributed by atoms with Gasteiger partial charge in [0.25, 0.3) is 0 Å². The minimum Gasteiger partial charge on any atom is -0.545 e. The maximum Gasteiger partial charge on any atom is 0.141 e. The van der Waals surface area contributed by atoms with E-state index in [1.807, 2.05) is 6.92 Å². The van der Waals surface area contributed by atoms with Crippen LogP contribution in [0.1, 0.15) is 21.8 Å². The van der Waals surface area contributed by atoms with Gasteiger partial charge >= 0.3 is 0 Å². The molecule has 0 unspecified atom stereocenters. The fraction of sp³-hybridized carbons (Fsp3) is 0.111. The average Bonchev–Trinajstić information content (AvgIpc) is 2.89. The van der Waals surface area contributed by atoms with E-state index in [9.17, 15) is 9.90 Å². The number of benzene rings is 2. The maximum absolute atomic E-state index is 11.2. The highest BCUT2D eigenvalue weighted by Crippen LogP contribution is 2.39. The van der Waals surface area contributed by atoms with E-state index in [2.05, 4.69) is 10.5 Å². The van der Waals surface area contributed by atoms with Crippen molar-refractivity contribution >= 4 is 40.5 Å². The Morgan fingerprint density at radius 3 is 2.36 bits per heavy atom. The number of hydrogen-bond donors (Lipinski definition) is 1. The van der Waals surface area contributed by atoms with Gasteiger partial charge in [0.15, 0.2) is 0 Å². The van der Waals surface area contributed by atoms with Crippen LogP contribution in [0.2, 0.25) is 10.0 Å². The van der Waals surface area contributed by atoms with Gasteiger partial charge in [-0.2, -0.15) is 0 Å². The van der Waals surface area contributed by atoms with Gasteiger partial charge in [0.05, 0.1) is 27.4 Å². The molecule has 2 aromatic carbocycles. The number of aromatic carboxylic acids is 1. The summed E-state index contributed by atoms with van der Waals surface area (Å²) in [7, 11) is 0. The third-order valence-corrected chi connectivity index (χ3v) is 4.37. The molecule has 128 valence electrons. The van der Waals surface area contributed by atoms with Crippen LogP contribution in [0, 0.1) is 13.8 Å². The number of hydrogen-bond acceptors (Lipinski definition) is 5. The molecule has 0 spiro atoms. The summed E-state index contributed by atoms with van der Waals surface area (Å²) in [5.41, 5.74) is 3.09. The van der Waals surface area contributed by atoms with E-state index < -0.39 is 5.97 Å². The highest BCUT2D eigenvalue weighted by molar-refractivity contribution is 6.39. The molecule has 1 heterocycles. The van der Waals surface area contributed by atoms with Gasteiger partial charge in [-0.1, -0.05) is 46.6 Å². The molecule has 1 N–H and O–H groups in total. The Labute approximate surface area is 154 Å².